The maximum absolute atomic E-state index is 9.44. The summed E-state index contributed by atoms with van der Waals surface area (Å²) in [5.41, 5.74) is 0.840. The highest BCUT2D eigenvalue weighted by molar-refractivity contribution is 9.10. The number of thioether (sulfide) groups is 1. The molecule has 2 atom stereocenters. The summed E-state index contributed by atoms with van der Waals surface area (Å²) in [7, 11) is 0. The van der Waals surface area contributed by atoms with Crippen molar-refractivity contribution < 1.29 is 15.3 Å². The van der Waals surface area contributed by atoms with Gasteiger partial charge in [0.15, 0.2) is 0 Å². The first-order valence-corrected chi connectivity index (χ1v) is 6.71. The minimum Gasteiger partial charge on any atom is -0.394 e. The number of hydrogen-bond acceptors (Lipinski definition) is 4. The van der Waals surface area contributed by atoms with Gasteiger partial charge in [0.05, 0.1) is 18.8 Å². The first kappa shape index (κ1) is 14.0. The fourth-order valence-electron chi connectivity index (χ4n) is 1.18. The summed E-state index contributed by atoms with van der Waals surface area (Å²) in [5.74, 6) is 0.455. The fraction of sp³-hybridized carbons (Fsp3) is 0.455. The van der Waals surface area contributed by atoms with E-state index >= 15 is 0 Å². The molecule has 1 aromatic rings. The Morgan fingerprint density at radius 2 is 2.06 bits per heavy atom. The highest BCUT2D eigenvalue weighted by Crippen LogP contribution is 2.29. The van der Waals surface area contributed by atoms with Gasteiger partial charge in [-0.1, -0.05) is 22.0 Å². The predicted octanol–water partition coefficient (Wildman–Crippen LogP) is 1.95. The molecule has 3 nitrogen and oxygen atoms in total. The minimum absolute atomic E-state index is 0.222. The van der Waals surface area contributed by atoms with Gasteiger partial charge < -0.3 is 15.3 Å². The van der Waals surface area contributed by atoms with Crippen LogP contribution in [0.3, 0.4) is 0 Å². The van der Waals surface area contributed by atoms with Crippen molar-refractivity contribution in [2.75, 3.05) is 12.4 Å². The quantitative estimate of drug-likeness (QED) is 0.728. The van der Waals surface area contributed by atoms with E-state index in [2.05, 4.69) is 15.9 Å². The van der Waals surface area contributed by atoms with Crippen molar-refractivity contribution in [3.05, 3.63) is 28.2 Å². The van der Waals surface area contributed by atoms with E-state index in [1.165, 1.54) is 11.8 Å². The van der Waals surface area contributed by atoms with Crippen molar-refractivity contribution in [1.82, 2.24) is 0 Å². The summed E-state index contributed by atoms with van der Waals surface area (Å²) in [5, 5.41) is 27.3. The van der Waals surface area contributed by atoms with Gasteiger partial charge >= 0.3 is 0 Å². The van der Waals surface area contributed by atoms with Crippen LogP contribution in [0, 0.1) is 0 Å². The van der Waals surface area contributed by atoms with Crippen molar-refractivity contribution in [2.45, 2.75) is 24.0 Å². The van der Waals surface area contributed by atoms with Crippen molar-refractivity contribution in [3.63, 3.8) is 0 Å². The Labute approximate surface area is 108 Å². The van der Waals surface area contributed by atoms with Gasteiger partial charge in [-0.05, 0) is 24.6 Å². The van der Waals surface area contributed by atoms with Crippen LogP contribution < -0.4 is 0 Å². The Morgan fingerprint density at radius 1 is 1.38 bits per heavy atom. The Kier molecular flexibility index (Phi) is 5.78. The number of hydrogen-bond donors (Lipinski definition) is 3. The Hall–Kier alpha value is -0.0700. The molecule has 90 valence electrons. The van der Waals surface area contributed by atoms with Gasteiger partial charge in [0.25, 0.3) is 0 Å². The van der Waals surface area contributed by atoms with Crippen molar-refractivity contribution >= 4 is 27.7 Å². The molecule has 0 saturated heterocycles. The summed E-state index contributed by atoms with van der Waals surface area (Å²) in [4.78, 5) is 0.990. The maximum atomic E-state index is 9.44. The predicted molar refractivity (Wildman–Crippen MR) is 68.6 cm³/mol. The lowest BCUT2D eigenvalue weighted by Gasteiger charge is -2.10. The van der Waals surface area contributed by atoms with Gasteiger partial charge in [-0.25, -0.2) is 0 Å². The fourth-order valence-corrected chi connectivity index (χ4v) is 2.90. The zero-order valence-corrected chi connectivity index (χ0v) is 11.3. The molecule has 0 aromatic heterocycles. The van der Waals surface area contributed by atoms with E-state index in [0.29, 0.717) is 5.75 Å². The lowest BCUT2D eigenvalue weighted by atomic mass is 10.1. The number of rotatable bonds is 5. The molecule has 3 N–H and O–H groups in total. The molecule has 0 saturated carbocycles. The highest BCUT2D eigenvalue weighted by atomic mass is 79.9. The third kappa shape index (κ3) is 4.07. The molecule has 0 heterocycles. The van der Waals surface area contributed by atoms with E-state index in [4.69, 9.17) is 5.11 Å². The van der Waals surface area contributed by atoms with E-state index in [-0.39, 0.29) is 6.61 Å². The first-order chi connectivity index (χ1) is 7.54. The normalized spacial score (nSPS) is 14.8. The smallest absolute Gasteiger partial charge is 0.0864 e. The highest BCUT2D eigenvalue weighted by Gasteiger charge is 2.08. The topological polar surface area (TPSA) is 60.7 Å². The van der Waals surface area contributed by atoms with E-state index < -0.39 is 12.2 Å². The van der Waals surface area contributed by atoms with Crippen molar-refractivity contribution in [2.24, 2.45) is 0 Å². The van der Waals surface area contributed by atoms with Crippen LogP contribution in [-0.2, 0) is 0 Å². The average Bonchev–Trinajstić information content (AvgIpc) is 2.25. The molecule has 0 aliphatic carbocycles. The average molecular weight is 307 g/mol. The lowest BCUT2D eigenvalue weighted by molar-refractivity contribution is 0.113. The van der Waals surface area contributed by atoms with Gasteiger partial charge in [0, 0.05) is 15.1 Å². The van der Waals surface area contributed by atoms with Crippen LogP contribution in [-0.4, -0.2) is 33.8 Å². The summed E-state index contributed by atoms with van der Waals surface area (Å²) >= 11 is 4.85. The second-order valence-corrected chi connectivity index (χ2v) is 5.45. The van der Waals surface area contributed by atoms with Crippen LogP contribution in [0.2, 0.25) is 0 Å². The molecule has 0 bridgehead atoms. The minimum atomic E-state index is -0.694. The molecular formula is C11H15BrO3S. The van der Waals surface area contributed by atoms with E-state index in [9.17, 15) is 10.2 Å². The molecule has 0 fully saturated rings. The Bertz CT molecular complexity index is 344. The largest absolute Gasteiger partial charge is 0.394 e. The molecule has 0 radical (unpaired) electrons. The SMILES string of the molecule is C[C@H](O)c1ccc(SCC(O)CO)cc1Br. The Morgan fingerprint density at radius 3 is 2.56 bits per heavy atom. The Balaban J connectivity index is 2.66. The number of benzene rings is 1. The monoisotopic (exact) mass is 306 g/mol. The third-order valence-electron chi connectivity index (χ3n) is 2.08. The number of aliphatic hydroxyl groups is 3. The zero-order chi connectivity index (χ0) is 12.1. The summed E-state index contributed by atoms with van der Waals surface area (Å²) in [6, 6.07) is 5.64. The van der Waals surface area contributed by atoms with Gasteiger partial charge in [0.1, 0.15) is 0 Å². The molecule has 0 aliphatic heterocycles. The molecule has 5 heteroatoms. The van der Waals surface area contributed by atoms with Crippen LogP contribution in [0.15, 0.2) is 27.6 Å². The van der Waals surface area contributed by atoms with Crippen molar-refractivity contribution in [3.8, 4) is 0 Å². The third-order valence-corrected chi connectivity index (χ3v) is 3.90. The second-order valence-electron chi connectivity index (χ2n) is 3.51. The maximum Gasteiger partial charge on any atom is 0.0864 e. The molecule has 0 amide bonds. The van der Waals surface area contributed by atoms with Crippen LogP contribution in [0.5, 0.6) is 0 Å². The molecule has 16 heavy (non-hydrogen) atoms. The molecule has 0 spiro atoms. The first-order valence-electron chi connectivity index (χ1n) is 4.93. The molecular weight excluding hydrogens is 292 g/mol. The van der Waals surface area contributed by atoms with Crippen LogP contribution >= 0.6 is 27.7 Å². The zero-order valence-electron chi connectivity index (χ0n) is 8.93. The number of aliphatic hydroxyl groups excluding tert-OH is 3. The number of halogens is 1. The van der Waals surface area contributed by atoms with Gasteiger partial charge in [0.2, 0.25) is 0 Å². The summed E-state index contributed by atoms with van der Waals surface area (Å²) in [6.45, 7) is 1.49. The van der Waals surface area contributed by atoms with E-state index in [0.717, 1.165) is 14.9 Å². The van der Waals surface area contributed by atoms with Crippen LogP contribution in [0.4, 0.5) is 0 Å². The molecule has 1 rings (SSSR count). The van der Waals surface area contributed by atoms with Gasteiger partial charge in [-0.15, -0.1) is 11.8 Å². The molecule has 1 aromatic carbocycles. The van der Waals surface area contributed by atoms with E-state index in [1.807, 2.05) is 18.2 Å². The summed E-state index contributed by atoms with van der Waals surface area (Å²) in [6.07, 6.45) is -1.20. The van der Waals surface area contributed by atoms with Gasteiger partial charge in [-0.2, -0.15) is 0 Å². The van der Waals surface area contributed by atoms with E-state index in [1.54, 1.807) is 6.92 Å². The summed E-state index contributed by atoms with van der Waals surface area (Å²) < 4.78 is 0.853. The standard InChI is InChI=1S/C11H15BrO3S/c1-7(14)10-3-2-9(4-11(10)12)16-6-8(15)5-13/h2-4,7-8,13-15H,5-6H2,1H3/t7-,8?/m0/s1. The second kappa shape index (κ2) is 6.61. The molecule has 1 unspecified atom stereocenters. The van der Waals surface area contributed by atoms with Crippen LogP contribution in [0.1, 0.15) is 18.6 Å². The van der Waals surface area contributed by atoms with Gasteiger partial charge in [-0.3, -0.25) is 0 Å². The lowest BCUT2D eigenvalue weighted by Crippen LogP contribution is -2.14. The molecule has 0 aliphatic rings. The van der Waals surface area contributed by atoms with Crippen molar-refractivity contribution in [1.29, 1.82) is 0 Å². The van der Waals surface area contributed by atoms with Crippen LogP contribution in [0.25, 0.3) is 0 Å².